The van der Waals surface area contributed by atoms with Gasteiger partial charge in [0.1, 0.15) is 4.88 Å². The highest BCUT2D eigenvalue weighted by Gasteiger charge is 2.09. The molecule has 1 aromatic rings. The first-order valence-corrected chi connectivity index (χ1v) is 4.18. The summed E-state index contributed by atoms with van der Waals surface area (Å²) in [4.78, 5) is 11.6. The number of thiophene rings is 1. The van der Waals surface area contributed by atoms with Gasteiger partial charge in [-0.05, 0) is 12.1 Å². The fourth-order valence-corrected chi connectivity index (χ4v) is 1.61. The van der Waals surface area contributed by atoms with Gasteiger partial charge >= 0.3 is 5.97 Å². The number of hydrogen-bond donors (Lipinski definition) is 2. The van der Waals surface area contributed by atoms with Gasteiger partial charge < -0.3 is 10.8 Å². The van der Waals surface area contributed by atoms with Gasteiger partial charge in [0.2, 0.25) is 0 Å². The Morgan fingerprint density at radius 2 is 2.42 bits per heavy atom. The van der Waals surface area contributed by atoms with E-state index in [0.717, 1.165) is 4.88 Å². The highest BCUT2D eigenvalue weighted by molar-refractivity contribution is 7.14. The third kappa shape index (κ3) is 1.72. The molecule has 64 valence electrons. The Hall–Kier alpha value is -1.13. The third-order valence-electron chi connectivity index (χ3n) is 1.42. The highest BCUT2D eigenvalue weighted by atomic mass is 32.1. The lowest BCUT2D eigenvalue weighted by Crippen LogP contribution is -2.03. The number of hydrogen-bond acceptors (Lipinski definition) is 3. The summed E-state index contributed by atoms with van der Waals surface area (Å²) in [5, 5.41) is 8.60. The van der Waals surface area contributed by atoms with Crippen LogP contribution in [0.3, 0.4) is 0 Å². The maximum absolute atomic E-state index is 10.5. The van der Waals surface area contributed by atoms with Gasteiger partial charge in [0.05, 0.1) is 6.04 Å². The van der Waals surface area contributed by atoms with Crippen molar-refractivity contribution in [3.63, 3.8) is 0 Å². The Morgan fingerprint density at radius 3 is 2.83 bits per heavy atom. The summed E-state index contributed by atoms with van der Waals surface area (Å²) in [5.74, 6) is -0.914. The van der Waals surface area contributed by atoms with E-state index in [1.165, 1.54) is 11.3 Å². The Balaban J connectivity index is 2.91. The number of carbonyl (C=O) groups is 1. The van der Waals surface area contributed by atoms with Crippen LogP contribution < -0.4 is 5.73 Å². The molecule has 1 unspecified atom stereocenters. The molecule has 0 aromatic carbocycles. The predicted octanol–water partition coefficient (Wildman–Crippen LogP) is 1.63. The van der Waals surface area contributed by atoms with Crippen molar-refractivity contribution < 1.29 is 9.90 Å². The summed E-state index contributed by atoms with van der Waals surface area (Å²) in [6.07, 6.45) is 1.58. The van der Waals surface area contributed by atoms with Crippen LogP contribution in [0.2, 0.25) is 0 Å². The summed E-state index contributed by atoms with van der Waals surface area (Å²) in [5.41, 5.74) is 5.61. The predicted molar refractivity (Wildman–Crippen MR) is 48.4 cm³/mol. The zero-order valence-electron chi connectivity index (χ0n) is 6.36. The second kappa shape index (κ2) is 3.51. The minimum Gasteiger partial charge on any atom is -0.477 e. The molecule has 3 nitrogen and oxygen atoms in total. The van der Waals surface area contributed by atoms with Crippen LogP contribution in [0.15, 0.2) is 24.8 Å². The van der Waals surface area contributed by atoms with Crippen LogP contribution in [0.4, 0.5) is 0 Å². The molecule has 0 radical (unpaired) electrons. The van der Waals surface area contributed by atoms with Crippen molar-refractivity contribution in [3.05, 3.63) is 34.5 Å². The van der Waals surface area contributed by atoms with E-state index in [4.69, 9.17) is 10.8 Å². The van der Waals surface area contributed by atoms with E-state index in [2.05, 4.69) is 6.58 Å². The van der Waals surface area contributed by atoms with E-state index >= 15 is 0 Å². The van der Waals surface area contributed by atoms with Crippen LogP contribution in [-0.4, -0.2) is 11.1 Å². The first-order valence-electron chi connectivity index (χ1n) is 3.36. The van der Waals surface area contributed by atoms with Crippen molar-refractivity contribution in [2.45, 2.75) is 6.04 Å². The zero-order chi connectivity index (χ0) is 9.14. The number of aromatic carboxylic acids is 1. The number of rotatable bonds is 3. The van der Waals surface area contributed by atoms with Gasteiger partial charge in [-0.25, -0.2) is 4.79 Å². The topological polar surface area (TPSA) is 63.3 Å². The molecule has 0 bridgehead atoms. The maximum Gasteiger partial charge on any atom is 0.345 e. The van der Waals surface area contributed by atoms with Crippen molar-refractivity contribution in [1.29, 1.82) is 0 Å². The summed E-state index contributed by atoms with van der Waals surface area (Å²) in [6.45, 7) is 3.53. The standard InChI is InChI=1S/C8H9NO2S/c1-2-5(9)6-3-4-7(12-6)8(10)11/h2-5H,1,9H2,(H,10,11). The van der Waals surface area contributed by atoms with Gasteiger partial charge in [-0.1, -0.05) is 6.08 Å². The fourth-order valence-electron chi connectivity index (χ4n) is 0.763. The molecular weight excluding hydrogens is 174 g/mol. The minimum absolute atomic E-state index is 0.261. The third-order valence-corrected chi connectivity index (χ3v) is 2.59. The van der Waals surface area contributed by atoms with Crippen LogP contribution >= 0.6 is 11.3 Å². The molecule has 0 saturated carbocycles. The van der Waals surface area contributed by atoms with Crippen LogP contribution in [0.1, 0.15) is 20.6 Å². The normalized spacial score (nSPS) is 12.4. The SMILES string of the molecule is C=CC(N)c1ccc(C(=O)O)s1. The van der Waals surface area contributed by atoms with E-state index in [1.54, 1.807) is 18.2 Å². The molecule has 0 amide bonds. The lowest BCUT2D eigenvalue weighted by atomic mass is 10.2. The molecule has 3 N–H and O–H groups in total. The highest BCUT2D eigenvalue weighted by Crippen LogP contribution is 2.22. The smallest absolute Gasteiger partial charge is 0.345 e. The van der Waals surface area contributed by atoms with Gasteiger partial charge in [-0.15, -0.1) is 17.9 Å². The lowest BCUT2D eigenvalue weighted by molar-refractivity contribution is 0.0702. The zero-order valence-corrected chi connectivity index (χ0v) is 7.17. The van der Waals surface area contributed by atoms with E-state index < -0.39 is 5.97 Å². The van der Waals surface area contributed by atoms with Crippen LogP contribution in [0.25, 0.3) is 0 Å². The van der Waals surface area contributed by atoms with Gasteiger partial charge in [0.25, 0.3) is 0 Å². The summed E-state index contributed by atoms with van der Waals surface area (Å²) in [6, 6.07) is 3.00. The molecule has 0 aliphatic heterocycles. The average Bonchev–Trinajstić information content (AvgIpc) is 2.51. The lowest BCUT2D eigenvalue weighted by Gasteiger charge is -1.99. The first-order chi connectivity index (χ1) is 5.65. The molecule has 0 spiro atoms. The molecule has 0 fully saturated rings. The van der Waals surface area contributed by atoms with Crippen molar-refractivity contribution in [2.24, 2.45) is 5.73 Å². The Labute approximate surface area is 74.1 Å². The molecule has 0 saturated heterocycles. The first kappa shape index (κ1) is 8.96. The summed E-state index contributed by atoms with van der Waals surface area (Å²) in [7, 11) is 0. The molecule has 12 heavy (non-hydrogen) atoms. The van der Waals surface area contributed by atoms with Gasteiger partial charge in [0, 0.05) is 4.88 Å². The Morgan fingerprint density at radius 1 is 1.75 bits per heavy atom. The van der Waals surface area contributed by atoms with Crippen molar-refractivity contribution in [3.8, 4) is 0 Å². The molecule has 0 aliphatic rings. The molecule has 1 aromatic heterocycles. The molecule has 1 heterocycles. The molecular formula is C8H9NO2S. The number of nitrogens with two attached hydrogens (primary N) is 1. The summed E-state index contributed by atoms with van der Waals surface area (Å²) < 4.78 is 0. The molecule has 1 atom stereocenters. The van der Waals surface area contributed by atoms with Crippen molar-refractivity contribution >= 4 is 17.3 Å². The number of carboxylic acids is 1. The quantitative estimate of drug-likeness (QED) is 0.700. The maximum atomic E-state index is 10.5. The van der Waals surface area contributed by atoms with E-state index in [1.807, 2.05) is 0 Å². The molecule has 0 aliphatic carbocycles. The van der Waals surface area contributed by atoms with E-state index in [9.17, 15) is 4.79 Å². The second-order valence-corrected chi connectivity index (χ2v) is 3.38. The van der Waals surface area contributed by atoms with Gasteiger partial charge in [-0.3, -0.25) is 0 Å². The second-order valence-electron chi connectivity index (χ2n) is 2.27. The minimum atomic E-state index is -0.914. The van der Waals surface area contributed by atoms with Crippen LogP contribution in [0, 0.1) is 0 Å². The van der Waals surface area contributed by atoms with Gasteiger partial charge in [0.15, 0.2) is 0 Å². The fraction of sp³-hybridized carbons (Fsp3) is 0.125. The van der Waals surface area contributed by atoms with Crippen LogP contribution in [-0.2, 0) is 0 Å². The van der Waals surface area contributed by atoms with Gasteiger partial charge in [-0.2, -0.15) is 0 Å². The molecule has 4 heteroatoms. The number of carboxylic acid groups (broad SMARTS) is 1. The molecule has 1 rings (SSSR count). The van der Waals surface area contributed by atoms with Crippen molar-refractivity contribution in [2.75, 3.05) is 0 Å². The summed E-state index contributed by atoms with van der Waals surface area (Å²) >= 11 is 1.18. The largest absolute Gasteiger partial charge is 0.477 e. The average molecular weight is 183 g/mol. The Kier molecular flexibility index (Phi) is 2.62. The Bertz CT molecular complexity index is 306. The monoisotopic (exact) mass is 183 g/mol. The van der Waals surface area contributed by atoms with Crippen molar-refractivity contribution in [1.82, 2.24) is 0 Å². The van der Waals surface area contributed by atoms with E-state index in [0.29, 0.717) is 4.88 Å². The van der Waals surface area contributed by atoms with E-state index in [-0.39, 0.29) is 6.04 Å². The van der Waals surface area contributed by atoms with Crippen LogP contribution in [0.5, 0.6) is 0 Å².